The predicted molar refractivity (Wildman–Crippen MR) is 96.2 cm³/mol. The number of nitrogens with zero attached hydrogens (tertiary/aromatic N) is 3. The summed E-state index contributed by atoms with van der Waals surface area (Å²) in [5.41, 5.74) is 8.62. The molecule has 131 valence electrons. The maximum atomic E-state index is 10.9. The van der Waals surface area contributed by atoms with Crippen molar-refractivity contribution in [1.82, 2.24) is 9.97 Å². The summed E-state index contributed by atoms with van der Waals surface area (Å²) in [4.78, 5) is 21.7. The SMILES string of the molecule is Cc1nc(CC2CCN(c3ccccc3CN)CC2)nc([C]=O)c1O. The van der Waals surface area contributed by atoms with Crippen LogP contribution < -0.4 is 10.6 Å². The lowest BCUT2D eigenvalue weighted by atomic mass is 9.92. The van der Waals surface area contributed by atoms with Gasteiger partial charge in [0.1, 0.15) is 5.82 Å². The molecular weight excluding hydrogens is 316 g/mol. The van der Waals surface area contributed by atoms with E-state index in [9.17, 15) is 9.90 Å². The summed E-state index contributed by atoms with van der Waals surface area (Å²) in [5, 5.41) is 9.73. The van der Waals surface area contributed by atoms with Crippen molar-refractivity contribution in [3.05, 3.63) is 47.0 Å². The molecule has 6 heteroatoms. The number of hydrogen-bond donors (Lipinski definition) is 2. The van der Waals surface area contributed by atoms with E-state index in [1.807, 2.05) is 12.1 Å². The fourth-order valence-corrected chi connectivity index (χ4v) is 3.42. The van der Waals surface area contributed by atoms with E-state index >= 15 is 0 Å². The highest BCUT2D eigenvalue weighted by Crippen LogP contribution is 2.28. The van der Waals surface area contributed by atoms with Gasteiger partial charge in [-0.05, 0) is 37.3 Å². The molecule has 2 heterocycles. The average Bonchev–Trinajstić information content (AvgIpc) is 2.65. The minimum Gasteiger partial charge on any atom is -0.504 e. The van der Waals surface area contributed by atoms with Gasteiger partial charge in [-0.15, -0.1) is 0 Å². The lowest BCUT2D eigenvalue weighted by Crippen LogP contribution is -2.35. The van der Waals surface area contributed by atoms with E-state index in [0.717, 1.165) is 25.9 Å². The number of benzene rings is 1. The summed E-state index contributed by atoms with van der Waals surface area (Å²) in [6, 6.07) is 8.27. The molecule has 1 aliphatic heterocycles. The van der Waals surface area contributed by atoms with Crippen LogP contribution in [0.2, 0.25) is 0 Å². The van der Waals surface area contributed by atoms with E-state index in [0.29, 0.717) is 30.4 Å². The van der Waals surface area contributed by atoms with Crippen LogP contribution in [0.1, 0.15) is 35.6 Å². The van der Waals surface area contributed by atoms with Crippen molar-refractivity contribution in [2.45, 2.75) is 32.7 Å². The smallest absolute Gasteiger partial charge is 0.257 e. The Hall–Kier alpha value is -2.47. The van der Waals surface area contributed by atoms with Crippen molar-refractivity contribution in [3.8, 4) is 5.75 Å². The molecule has 1 aromatic heterocycles. The molecule has 1 aromatic carbocycles. The maximum absolute atomic E-state index is 10.9. The molecule has 1 fully saturated rings. The normalized spacial score (nSPS) is 15.4. The van der Waals surface area contributed by atoms with E-state index in [1.54, 1.807) is 13.2 Å². The number of para-hydroxylation sites is 1. The summed E-state index contributed by atoms with van der Waals surface area (Å²) in [6.45, 7) is 4.15. The van der Waals surface area contributed by atoms with Crippen LogP contribution in [0, 0.1) is 12.8 Å². The summed E-state index contributed by atoms with van der Waals surface area (Å²) < 4.78 is 0. The van der Waals surface area contributed by atoms with Crippen molar-refractivity contribution < 1.29 is 9.90 Å². The Balaban J connectivity index is 1.65. The first kappa shape index (κ1) is 17.4. The van der Waals surface area contributed by atoms with Crippen molar-refractivity contribution in [3.63, 3.8) is 0 Å². The van der Waals surface area contributed by atoms with Gasteiger partial charge in [0.15, 0.2) is 11.4 Å². The van der Waals surface area contributed by atoms with Crippen LogP contribution in [0.15, 0.2) is 24.3 Å². The van der Waals surface area contributed by atoms with Crippen molar-refractivity contribution in [1.29, 1.82) is 0 Å². The van der Waals surface area contributed by atoms with Crippen LogP contribution in [0.3, 0.4) is 0 Å². The van der Waals surface area contributed by atoms with Gasteiger partial charge in [-0.25, -0.2) is 9.97 Å². The zero-order valence-electron chi connectivity index (χ0n) is 14.4. The monoisotopic (exact) mass is 339 g/mol. The number of carbonyl (C=O) groups excluding carboxylic acids is 1. The van der Waals surface area contributed by atoms with E-state index in [4.69, 9.17) is 5.73 Å². The fraction of sp³-hybridized carbons (Fsp3) is 0.421. The molecule has 1 radical (unpaired) electrons. The molecule has 0 spiro atoms. The van der Waals surface area contributed by atoms with Crippen LogP contribution in [0.4, 0.5) is 5.69 Å². The first-order valence-electron chi connectivity index (χ1n) is 8.60. The van der Waals surface area contributed by atoms with Gasteiger partial charge in [-0.1, -0.05) is 18.2 Å². The van der Waals surface area contributed by atoms with Crippen LogP contribution in [0.5, 0.6) is 5.75 Å². The number of hydrogen-bond acceptors (Lipinski definition) is 6. The molecular formula is C19H23N4O2. The van der Waals surface area contributed by atoms with Crippen LogP contribution in [-0.4, -0.2) is 34.5 Å². The second-order valence-electron chi connectivity index (χ2n) is 6.49. The number of piperidine rings is 1. The molecule has 0 amide bonds. The van der Waals surface area contributed by atoms with Gasteiger partial charge in [-0.2, -0.15) is 0 Å². The van der Waals surface area contributed by atoms with Crippen LogP contribution >= 0.6 is 0 Å². The van der Waals surface area contributed by atoms with Crippen LogP contribution in [0.25, 0.3) is 0 Å². The van der Waals surface area contributed by atoms with Gasteiger partial charge >= 0.3 is 0 Å². The molecule has 1 saturated heterocycles. The third kappa shape index (κ3) is 3.79. The average molecular weight is 339 g/mol. The van der Waals surface area contributed by atoms with Crippen molar-refractivity contribution >= 4 is 12.0 Å². The number of rotatable bonds is 5. The molecule has 6 nitrogen and oxygen atoms in total. The summed E-state index contributed by atoms with van der Waals surface area (Å²) in [6.07, 6.45) is 4.45. The Bertz CT molecular complexity index is 755. The van der Waals surface area contributed by atoms with Crippen LogP contribution in [-0.2, 0) is 17.8 Å². The molecule has 0 saturated carbocycles. The molecule has 0 bridgehead atoms. The largest absolute Gasteiger partial charge is 0.504 e. The molecule has 0 atom stereocenters. The molecule has 25 heavy (non-hydrogen) atoms. The van der Waals surface area contributed by atoms with E-state index < -0.39 is 0 Å². The highest BCUT2D eigenvalue weighted by molar-refractivity contribution is 5.76. The molecule has 3 N–H and O–H groups in total. The van der Waals surface area contributed by atoms with Gasteiger partial charge < -0.3 is 15.7 Å². The molecule has 1 aliphatic rings. The third-order valence-electron chi connectivity index (χ3n) is 4.84. The number of nitrogens with two attached hydrogens (primary N) is 1. The first-order valence-corrected chi connectivity index (χ1v) is 8.60. The molecule has 0 unspecified atom stereocenters. The number of aromatic hydroxyl groups is 1. The number of anilines is 1. The molecule has 0 aliphatic carbocycles. The van der Waals surface area contributed by atoms with Gasteiger partial charge in [0.2, 0.25) is 0 Å². The summed E-state index contributed by atoms with van der Waals surface area (Å²) in [5.74, 6) is 0.895. The number of aromatic nitrogens is 2. The Labute approximate surface area is 147 Å². The minimum atomic E-state index is -0.174. The van der Waals surface area contributed by atoms with Gasteiger partial charge in [-0.3, -0.25) is 4.79 Å². The Morgan fingerprint density at radius 3 is 2.68 bits per heavy atom. The quantitative estimate of drug-likeness (QED) is 0.864. The van der Waals surface area contributed by atoms with Gasteiger partial charge in [0.05, 0.1) is 5.69 Å². The Kier molecular flexibility index (Phi) is 5.28. The van der Waals surface area contributed by atoms with E-state index in [1.165, 1.54) is 11.3 Å². The lowest BCUT2D eigenvalue weighted by Gasteiger charge is -2.34. The highest BCUT2D eigenvalue weighted by Gasteiger charge is 2.22. The van der Waals surface area contributed by atoms with E-state index in [-0.39, 0.29) is 11.4 Å². The lowest BCUT2D eigenvalue weighted by molar-refractivity contribution is 0.394. The Morgan fingerprint density at radius 2 is 2.00 bits per heavy atom. The third-order valence-corrected chi connectivity index (χ3v) is 4.84. The second kappa shape index (κ2) is 7.61. The zero-order valence-corrected chi connectivity index (χ0v) is 14.4. The predicted octanol–water partition coefficient (Wildman–Crippen LogP) is 1.87. The molecule has 3 rings (SSSR count). The topological polar surface area (TPSA) is 92.3 Å². The van der Waals surface area contributed by atoms with Gasteiger partial charge in [0.25, 0.3) is 6.29 Å². The zero-order chi connectivity index (χ0) is 17.8. The second-order valence-corrected chi connectivity index (χ2v) is 6.49. The summed E-state index contributed by atoms with van der Waals surface area (Å²) >= 11 is 0. The number of aryl methyl sites for hydroxylation is 1. The van der Waals surface area contributed by atoms with Crippen molar-refractivity contribution in [2.24, 2.45) is 11.7 Å². The minimum absolute atomic E-state index is 0.0446. The van der Waals surface area contributed by atoms with Crippen molar-refractivity contribution in [2.75, 3.05) is 18.0 Å². The fourth-order valence-electron chi connectivity index (χ4n) is 3.42. The Morgan fingerprint density at radius 1 is 1.28 bits per heavy atom. The van der Waals surface area contributed by atoms with E-state index in [2.05, 4.69) is 27.0 Å². The molecule has 2 aromatic rings. The first-order chi connectivity index (χ1) is 12.1. The standard InChI is InChI=1S/C19H23N4O2/c1-13-19(25)16(12-24)22-18(21-13)10-14-6-8-23(9-7-14)17-5-3-2-4-15(17)11-20/h2-5,14,25H,6-11,20H2,1H3. The van der Waals surface area contributed by atoms with Gasteiger partial charge in [0, 0.05) is 31.7 Å². The maximum Gasteiger partial charge on any atom is 0.257 e. The summed E-state index contributed by atoms with van der Waals surface area (Å²) in [7, 11) is 0. The highest BCUT2D eigenvalue weighted by atomic mass is 16.3.